The summed E-state index contributed by atoms with van der Waals surface area (Å²) in [4.78, 5) is 0. The summed E-state index contributed by atoms with van der Waals surface area (Å²) in [6.07, 6.45) is -11.8. The largest absolute Gasteiger partial charge is 0.573 e. The Morgan fingerprint density at radius 1 is 0.293 bits per heavy atom. The Balaban J connectivity index is 0.000000114. The van der Waals surface area contributed by atoms with Crippen molar-refractivity contribution < 1.29 is 162 Å². The monoisotopic (exact) mass is 2100 g/mol. The van der Waals surface area contributed by atoms with Crippen molar-refractivity contribution in [2.75, 3.05) is 13.7 Å². The molecular formula is C101H74F17N13O19. The smallest absolute Gasteiger partial charge is 0.496 e. The second-order valence-corrected chi connectivity index (χ2v) is 34.9. The van der Waals surface area contributed by atoms with Crippen LogP contribution in [0.2, 0.25) is 0 Å². The summed E-state index contributed by atoms with van der Waals surface area (Å²) in [5.41, 5.74) is 6.79. The van der Waals surface area contributed by atoms with Crippen LogP contribution in [0.5, 0.6) is 58.1 Å². The number of benzene rings is 10. The fraction of sp³-hybridized carbons (Fsp3) is 0.277. The minimum atomic E-state index is -4.90. The van der Waals surface area contributed by atoms with Crippen LogP contribution in [0.15, 0.2) is 228 Å². The summed E-state index contributed by atoms with van der Waals surface area (Å²) in [5, 5.41) is 54.1. The molecular weight excluding hydrogens is 2020 g/mol. The lowest BCUT2D eigenvalue weighted by Crippen LogP contribution is -2.19. The molecule has 0 N–H and O–H groups in total. The highest BCUT2D eigenvalue weighted by molar-refractivity contribution is 5.92. The van der Waals surface area contributed by atoms with Gasteiger partial charge in [0.2, 0.25) is 23.6 Å². The van der Waals surface area contributed by atoms with Crippen LogP contribution in [0.25, 0.3) is 110 Å². The summed E-state index contributed by atoms with van der Waals surface area (Å²) >= 11 is 0. The zero-order valence-corrected chi connectivity index (χ0v) is 77.6. The van der Waals surface area contributed by atoms with E-state index >= 15 is 0 Å². The maximum absolute atomic E-state index is 14.4. The van der Waals surface area contributed by atoms with Gasteiger partial charge in [-0.25, -0.2) is 8.78 Å². The Bertz CT molecular complexity index is 8030. The van der Waals surface area contributed by atoms with E-state index in [1.54, 1.807) is 97.9 Å². The van der Waals surface area contributed by atoms with Gasteiger partial charge in [-0.2, -0.15) is 13.2 Å². The SMILES string of the molecule is COc1cc(OC(F)(F)F)ccc1-c1ccc2onc(OCc3nnc(C4CC4)o3)c2c1.Cc1cc(-c2ccc3onc(OCc4nnc(C5CC5)o4)c3c2)ccc1OC(F)(F)F.FC(F)(F)Oc1ccc(-c2ccc3onc(OCC4CCC4)c3c2)cc1.Fc1cc(C(F)(F)F)ccc1-c1ccc2onc(OCc3nnc(C4CC4)o3)c2c1.Fc1cc(OC(F)(F)F)ccc1-c1ccc2onc(OCc3nnc(C4CC4)o3)c2c1. The average molecular weight is 2100 g/mol. The molecule has 0 bridgehead atoms. The minimum absolute atomic E-state index is 0.0167. The lowest BCUT2D eigenvalue weighted by atomic mass is 9.86. The molecule has 10 aromatic carbocycles. The Morgan fingerprint density at radius 2 is 0.607 bits per heavy atom. The predicted octanol–water partition coefficient (Wildman–Crippen LogP) is 27.2. The van der Waals surface area contributed by atoms with Crippen molar-refractivity contribution >= 4 is 54.8 Å². The number of hydrogen-bond acceptors (Lipinski definition) is 32. The molecule has 5 aliphatic carbocycles. The number of hydrogen-bond donors (Lipinski definition) is 0. The normalized spacial score (nSPS) is 14.3. The average Bonchev–Trinajstić information content (AvgIpc) is 1.63. The molecule has 0 radical (unpaired) electrons. The minimum Gasteiger partial charge on any atom is -0.496 e. The van der Waals surface area contributed by atoms with Gasteiger partial charge in [-0.15, -0.1) is 93.5 Å². The van der Waals surface area contributed by atoms with Gasteiger partial charge in [0.25, 0.3) is 53.0 Å². The third-order valence-electron chi connectivity index (χ3n) is 23.8. The standard InChI is InChI=1S/C21H16F3N3O5.C21H16F3N3O4.C20H13F4N3O4.C20H13F4N3O3.C19H16F3NO3/c1-28-17-9-13(31-21(22,23)24)5-6-14(17)12-4-7-16-15(8-12)20(27-32-16)29-10-18-25-26-19(30-18)11-2-3-11;1-11-8-13(4-6-16(11)30-21(22,23)24)14-5-7-17-15(9-14)20(27-31-17)28-10-18-25-26-19(29-18)12-2-3-12;21-15-8-12(30-20(22,23)24)4-5-13(15)11-3-6-16-14(7-11)19(27-31-16)28-9-17-25-26-18(29-17)10-1-2-10;21-15-8-12(20(22,23)24)4-5-13(15)11-3-6-16-14(7-11)19(27-30-16)28-9-17-25-26-18(29-17)10-1-2-10;20-19(21,22)25-15-7-4-13(5-8-15)14-6-9-17-16(10-14)18(23-26-17)24-11-12-2-1-3-12/h4-9,11H,2-3,10H2,1H3;4-9,12H,2-3,10H2,1H3;3-8,10H,1-2,9H2;3-8,10H,1-2,9H2;4-10,12H,1-3,11H2. The van der Waals surface area contributed by atoms with Gasteiger partial charge >= 0.3 is 31.6 Å². The molecule has 9 heterocycles. The van der Waals surface area contributed by atoms with E-state index in [2.05, 4.69) is 85.5 Å². The summed E-state index contributed by atoms with van der Waals surface area (Å²) in [7, 11) is 1.36. The van der Waals surface area contributed by atoms with Gasteiger partial charge in [-0.1, -0.05) is 61.0 Å². The molecule has 5 aliphatic rings. The van der Waals surface area contributed by atoms with Crippen molar-refractivity contribution in [3.8, 4) is 114 Å². The van der Waals surface area contributed by atoms with Crippen LogP contribution in [-0.4, -0.2) is 106 Å². The van der Waals surface area contributed by atoms with Gasteiger partial charge in [-0.05, 0) is 269 Å². The molecule has 0 atom stereocenters. The number of alkyl halides is 15. The van der Waals surface area contributed by atoms with Gasteiger partial charge in [0.05, 0.1) is 46.2 Å². The first kappa shape index (κ1) is 100. The quantitative estimate of drug-likeness (QED) is 0.0393. The molecule has 5 saturated carbocycles. The molecule has 5 fully saturated rings. The maximum atomic E-state index is 14.4. The van der Waals surface area contributed by atoms with Gasteiger partial charge in [0.1, 0.15) is 40.4 Å². The second-order valence-electron chi connectivity index (χ2n) is 34.9. The van der Waals surface area contributed by atoms with E-state index in [0.717, 1.165) is 91.6 Å². The Morgan fingerprint density at radius 3 is 0.953 bits per heavy atom. The van der Waals surface area contributed by atoms with E-state index in [1.165, 1.54) is 81.0 Å². The van der Waals surface area contributed by atoms with E-state index in [1.807, 2.05) is 12.1 Å². The number of ether oxygens (including phenoxy) is 10. The highest BCUT2D eigenvalue weighted by Crippen LogP contribution is 2.47. The van der Waals surface area contributed by atoms with E-state index in [-0.39, 0.29) is 90.0 Å². The van der Waals surface area contributed by atoms with Crippen LogP contribution in [0, 0.1) is 24.5 Å². The zero-order valence-electron chi connectivity index (χ0n) is 77.6. The molecule has 49 heteroatoms. The molecule has 19 aromatic rings. The third-order valence-corrected chi connectivity index (χ3v) is 23.8. The summed E-state index contributed by atoms with van der Waals surface area (Å²) in [6, 6.07) is 44.6. The van der Waals surface area contributed by atoms with E-state index in [9.17, 15) is 74.6 Å². The molecule has 32 nitrogen and oxygen atoms in total. The van der Waals surface area contributed by atoms with Crippen LogP contribution < -0.4 is 47.4 Å². The van der Waals surface area contributed by atoms with Crippen LogP contribution in [-0.2, 0) is 32.6 Å². The number of methoxy groups -OCH3 is 1. The lowest BCUT2D eigenvalue weighted by molar-refractivity contribution is -0.275. The zero-order chi connectivity index (χ0) is 104. The molecule has 776 valence electrons. The Hall–Kier alpha value is -17.1. The van der Waals surface area contributed by atoms with E-state index in [0.29, 0.717) is 178 Å². The van der Waals surface area contributed by atoms with E-state index < -0.39 is 54.6 Å². The molecule has 0 spiro atoms. The molecule has 0 aliphatic heterocycles. The summed E-state index contributed by atoms with van der Waals surface area (Å²) in [6.45, 7) is 2.20. The first-order valence-electron chi connectivity index (χ1n) is 46.0. The van der Waals surface area contributed by atoms with Crippen LogP contribution >= 0.6 is 0 Å². The number of halogens is 17. The number of nitrogens with zero attached hydrogens (tertiary/aromatic N) is 13. The van der Waals surface area contributed by atoms with E-state index in [4.69, 9.17) is 68.7 Å². The van der Waals surface area contributed by atoms with Gasteiger partial charge in [-0.3, -0.25) is 0 Å². The number of fused-ring (bicyclic) bond motifs is 5. The van der Waals surface area contributed by atoms with Crippen molar-refractivity contribution in [3.63, 3.8) is 0 Å². The first-order valence-corrected chi connectivity index (χ1v) is 46.0. The molecule has 9 aromatic heterocycles. The van der Waals surface area contributed by atoms with Gasteiger partial charge < -0.3 is 87.7 Å². The first-order chi connectivity index (χ1) is 72.0. The predicted molar refractivity (Wildman–Crippen MR) is 485 cm³/mol. The molecule has 0 unspecified atom stereocenters. The lowest BCUT2D eigenvalue weighted by Gasteiger charge is -2.24. The van der Waals surface area contributed by atoms with Gasteiger partial charge in [0.15, 0.2) is 54.3 Å². The third kappa shape index (κ3) is 24.9. The Kier molecular flexibility index (Phi) is 27.8. The van der Waals surface area contributed by atoms with Crippen LogP contribution in [0.4, 0.5) is 74.6 Å². The van der Waals surface area contributed by atoms with Crippen LogP contribution in [0.3, 0.4) is 0 Å². The molecule has 0 saturated heterocycles. The summed E-state index contributed by atoms with van der Waals surface area (Å²) in [5.74, 6) is 3.62. The maximum Gasteiger partial charge on any atom is 0.573 e. The summed E-state index contributed by atoms with van der Waals surface area (Å²) < 4.78 is 314. The molecule has 24 rings (SSSR count). The van der Waals surface area contributed by atoms with Crippen LogP contribution in [0.1, 0.15) is 153 Å². The van der Waals surface area contributed by atoms with Crippen molar-refractivity contribution in [1.82, 2.24) is 66.6 Å². The van der Waals surface area contributed by atoms with Gasteiger partial charge in [0, 0.05) is 52.5 Å². The van der Waals surface area contributed by atoms with Crippen molar-refractivity contribution in [1.29, 1.82) is 0 Å². The van der Waals surface area contributed by atoms with Crippen molar-refractivity contribution in [2.24, 2.45) is 5.92 Å². The highest BCUT2D eigenvalue weighted by Gasteiger charge is 2.39. The van der Waals surface area contributed by atoms with Crippen molar-refractivity contribution in [2.45, 2.75) is 159 Å². The fourth-order valence-corrected chi connectivity index (χ4v) is 15.5. The topological polar surface area (TPSA) is 378 Å². The highest BCUT2D eigenvalue weighted by atomic mass is 19.4. The number of rotatable bonds is 29. The molecule has 0 amide bonds. The van der Waals surface area contributed by atoms with Crippen molar-refractivity contribution in [3.05, 3.63) is 258 Å². The molecule has 150 heavy (non-hydrogen) atoms. The number of aromatic nitrogens is 13. The number of aryl methyl sites for hydroxylation is 1. The second kappa shape index (κ2) is 41.7. The Labute approximate surface area is 830 Å². The fourth-order valence-electron chi connectivity index (χ4n) is 15.5.